The van der Waals surface area contributed by atoms with Crippen molar-refractivity contribution in [3.8, 4) is 0 Å². The van der Waals surface area contributed by atoms with E-state index in [1.807, 2.05) is 0 Å². The molecule has 0 unspecified atom stereocenters. The summed E-state index contributed by atoms with van der Waals surface area (Å²) in [6.07, 6.45) is 0.692. The number of hydrogen-bond donors (Lipinski definition) is 0. The number of carbonyl (C=O) groups excluding carboxylic acids is 3. The second kappa shape index (κ2) is 3.68. The van der Waals surface area contributed by atoms with Gasteiger partial charge in [-0.2, -0.15) is 0 Å². The van der Waals surface area contributed by atoms with Crippen molar-refractivity contribution in [1.29, 1.82) is 0 Å². The molecule has 4 heteroatoms. The molecule has 0 N–H and O–H groups in total. The normalized spacial score (nSPS) is 31.0. The number of ketones is 1. The van der Waals surface area contributed by atoms with Crippen LogP contribution in [0, 0.1) is 22.7 Å². The summed E-state index contributed by atoms with van der Waals surface area (Å²) in [5.41, 5.74) is -1.90. The van der Waals surface area contributed by atoms with Gasteiger partial charge in [-0.05, 0) is 5.41 Å². The van der Waals surface area contributed by atoms with Crippen LogP contribution in [-0.4, -0.2) is 25.1 Å². The van der Waals surface area contributed by atoms with Gasteiger partial charge in [-0.3, -0.25) is 9.59 Å². The molecule has 4 nitrogen and oxygen atoms in total. The number of carbonyl (C=O) groups is 3. The topological polar surface area (TPSA) is 60.4 Å². The first-order valence-corrected chi connectivity index (χ1v) is 5.36. The summed E-state index contributed by atoms with van der Waals surface area (Å²) in [5, 5.41) is 0. The summed E-state index contributed by atoms with van der Waals surface area (Å²) < 4.78 is 4.70. The van der Waals surface area contributed by atoms with E-state index in [1.54, 1.807) is 27.7 Å². The quantitative estimate of drug-likeness (QED) is 0.411. The molecule has 0 saturated heterocycles. The lowest BCUT2D eigenvalue weighted by Crippen LogP contribution is -2.35. The molecular formula is C12H18O4. The molecule has 0 bridgehead atoms. The standard InChI is InChI=1S/C12H18O4/c1-7(2)9(14)12(10(15)16-5)8(6-13)11(12,3)4/h6-8H,1-5H3/t8-,12-/m1/s1. The zero-order valence-electron chi connectivity index (χ0n) is 10.4. The van der Waals surface area contributed by atoms with Crippen molar-refractivity contribution in [2.75, 3.05) is 7.11 Å². The Labute approximate surface area is 95.3 Å². The molecule has 1 saturated carbocycles. The van der Waals surface area contributed by atoms with Crippen LogP contribution in [0.4, 0.5) is 0 Å². The molecule has 0 radical (unpaired) electrons. The fourth-order valence-electron chi connectivity index (χ4n) is 2.65. The Morgan fingerprint density at radius 1 is 1.31 bits per heavy atom. The molecule has 1 aliphatic carbocycles. The Morgan fingerprint density at radius 2 is 1.81 bits per heavy atom. The lowest BCUT2D eigenvalue weighted by atomic mass is 9.85. The predicted molar refractivity (Wildman–Crippen MR) is 57.6 cm³/mol. The maximum absolute atomic E-state index is 12.2. The second-order valence-corrected chi connectivity index (χ2v) is 5.15. The highest BCUT2D eigenvalue weighted by Gasteiger charge is 2.80. The van der Waals surface area contributed by atoms with E-state index in [-0.39, 0.29) is 11.7 Å². The molecule has 0 amide bonds. The number of ether oxygens (including phenoxy) is 1. The highest BCUT2D eigenvalue weighted by molar-refractivity contribution is 6.12. The summed E-state index contributed by atoms with van der Waals surface area (Å²) in [6.45, 7) is 6.96. The van der Waals surface area contributed by atoms with Crippen LogP contribution in [0.15, 0.2) is 0 Å². The minimum Gasteiger partial charge on any atom is -0.468 e. The molecular weight excluding hydrogens is 208 g/mol. The van der Waals surface area contributed by atoms with Crippen LogP contribution in [-0.2, 0) is 19.1 Å². The number of methoxy groups -OCH3 is 1. The van der Waals surface area contributed by atoms with Crippen molar-refractivity contribution in [1.82, 2.24) is 0 Å². The minimum absolute atomic E-state index is 0.207. The molecule has 90 valence electrons. The molecule has 1 rings (SSSR count). The van der Waals surface area contributed by atoms with Gasteiger partial charge in [-0.1, -0.05) is 27.7 Å². The van der Waals surface area contributed by atoms with Crippen molar-refractivity contribution in [3.05, 3.63) is 0 Å². The average Bonchev–Trinajstić information content (AvgIpc) is 2.73. The first-order valence-electron chi connectivity index (χ1n) is 5.36. The van der Waals surface area contributed by atoms with Crippen LogP contribution >= 0.6 is 0 Å². The Morgan fingerprint density at radius 3 is 2.06 bits per heavy atom. The highest BCUT2D eigenvalue weighted by Crippen LogP contribution is 2.69. The molecule has 0 aliphatic heterocycles. The average molecular weight is 226 g/mol. The van der Waals surface area contributed by atoms with E-state index < -0.39 is 22.7 Å². The SMILES string of the molecule is COC(=O)[C@]1(C(=O)C(C)C)[C@H](C=O)C1(C)C. The van der Waals surface area contributed by atoms with Crippen LogP contribution in [0.5, 0.6) is 0 Å². The van der Waals surface area contributed by atoms with E-state index in [0.29, 0.717) is 6.29 Å². The highest BCUT2D eigenvalue weighted by atomic mass is 16.5. The van der Waals surface area contributed by atoms with Crippen molar-refractivity contribution < 1.29 is 19.1 Å². The number of Topliss-reactive ketones (excluding diaryl/α,β-unsaturated/α-hetero) is 1. The molecule has 1 fully saturated rings. The minimum atomic E-state index is -1.27. The van der Waals surface area contributed by atoms with Gasteiger partial charge in [0.1, 0.15) is 11.7 Å². The fraction of sp³-hybridized carbons (Fsp3) is 0.750. The second-order valence-electron chi connectivity index (χ2n) is 5.15. The van der Waals surface area contributed by atoms with Gasteiger partial charge in [0.05, 0.1) is 7.11 Å². The summed E-state index contributed by atoms with van der Waals surface area (Å²) >= 11 is 0. The number of rotatable bonds is 4. The van der Waals surface area contributed by atoms with Crippen LogP contribution in [0.1, 0.15) is 27.7 Å². The first-order chi connectivity index (χ1) is 7.28. The Bertz CT molecular complexity index is 343. The third-order valence-electron chi connectivity index (χ3n) is 3.73. The summed E-state index contributed by atoms with van der Waals surface area (Å²) in [4.78, 5) is 35.0. The summed E-state index contributed by atoms with van der Waals surface area (Å²) in [6, 6.07) is 0. The molecule has 1 aliphatic rings. The van der Waals surface area contributed by atoms with E-state index in [4.69, 9.17) is 4.74 Å². The van der Waals surface area contributed by atoms with E-state index >= 15 is 0 Å². The molecule has 0 spiro atoms. The number of esters is 1. The van der Waals surface area contributed by atoms with Gasteiger partial charge in [0.2, 0.25) is 0 Å². The molecule has 0 aromatic rings. The monoisotopic (exact) mass is 226 g/mol. The largest absolute Gasteiger partial charge is 0.468 e. The Hall–Kier alpha value is -1.19. The van der Waals surface area contributed by atoms with Crippen LogP contribution in [0.3, 0.4) is 0 Å². The maximum atomic E-state index is 12.2. The molecule has 0 heterocycles. The lowest BCUT2D eigenvalue weighted by molar-refractivity contribution is -0.155. The van der Waals surface area contributed by atoms with Crippen molar-refractivity contribution in [2.45, 2.75) is 27.7 Å². The molecule has 0 aromatic heterocycles. The van der Waals surface area contributed by atoms with E-state index in [0.717, 1.165) is 0 Å². The number of aldehydes is 1. The fourth-order valence-corrected chi connectivity index (χ4v) is 2.65. The smallest absolute Gasteiger partial charge is 0.320 e. The van der Waals surface area contributed by atoms with Crippen molar-refractivity contribution in [3.63, 3.8) is 0 Å². The van der Waals surface area contributed by atoms with E-state index in [9.17, 15) is 14.4 Å². The van der Waals surface area contributed by atoms with Crippen LogP contribution < -0.4 is 0 Å². The molecule has 16 heavy (non-hydrogen) atoms. The Balaban J connectivity index is 3.23. The van der Waals surface area contributed by atoms with Crippen LogP contribution in [0.25, 0.3) is 0 Å². The summed E-state index contributed by atoms with van der Waals surface area (Å²) in [5.74, 6) is -1.65. The molecule has 0 aromatic carbocycles. The zero-order valence-corrected chi connectivity index (χ0v) is 10.4. The van der Waals surface area contributed by atoms with Crippen molar-refractivity contribution >= 4 is 18.0 Å². The van der Waals surface area contributed by atoms with Gasteiger partial charge in [-0.25, -0.2) is 0 Å². The Kier molecular flexibility index (Phi) is 2.96. The van der Waals surface area contributed by atoms with Gasteiger partial charge >= 0.3 is 5.97 Å². The zero-order chi connectivity index (χ0) is 12.7. The third kappa shape index (κ3) is 1.25. The predicted octanol–water partition coefficient (Wildman–Crippen LogP) is 1.23. The van der Waals surface area contributed by atoms with Gasteiger partial charge in [0, 0.05) is 11.8 Å². The van der Waals surface area contributed by atoms with E-state index in [1.165, 1.54) is 7.11 Å². The van der Waals surface area contributed by atoms with Crippen molar-refractivity contribution in [2.24, 2.45) is 22.7 Å². The van der Waals surface area contributed by atoms with Gasteiger partial charge in [0.25, 0.3) is 0 Å². The third-order valence-corrected chi connectivity index (χ3v) is 3.73. The van der Waals surface area contributed by atoms with E-state index in [2.05, 4.69) is 0 Å². The maximum Gasteiger partial charge on any atom is 0.320 e. The number of hydrogen-bond acceptors (Lipinski definition) is 4. The van der Waals surface area contributed by atoms with Crippen LogP contribution in [0.2, 0.25) is 0 Å². The summed E-state index contributed by atoms with van der Waals surface area (Å²) in [7, 11) is 1.24. The van der Waals surface area contributed by atoms with Gasteiger partial charge in [-0.15, -0.1) is 0 Å². The first kappa shape index (κ1) is 12.9. The van der Waals surface area contributed by atoms with Gasteiger partial charge in [0.15, 0.2) is 5.78 Å². The molecule has 2 atom stereocenters. The lowest BCUT2D eigenvalue weighted by Gasteiger charge is -2.18. The van der Waals surface area contributed by atoms with Gasteiger partial charge < -0.3 is 9.53 Å².